The quantitative estimate of drug-likeness (QED) is 0.930. The molecular formula is C15H23N3O2S. The molecule has 2 saturated heterocycles. The Bertz CT molecular complexity index is 543. The molecule has 1 aromatic heterocycles. The highest BCUT2D eigenvalue weighted by Crippen LogP contribution is 2.35. The average Bonchev–Trinajstić information content (AvgIpc) is 3.02. The Balaban J connectivity index is 1.89. The zero-order valence-corrected chi connectivity index (χ0v) is 13.7. The summed E-state index contributed by atoms with van der Waals surface area (Å²) in [4.78, 5) is 21.4. The van der Waals surface area contributed by atoms with Crippen molar-refractivity contribution in [3.05, 3.63) is 10.6 Å². The Labute approximate surface area is 129 Å². The van der Waals surface area contributed by atoms with Gasteiger partial charge in [0.15, 0.2) is 5.13 Å². The molecular weight excluding hydrogens is 286 g/mol. The van der Waals surface area contributed by atoms with Crippen LogP contribution in [-0.4, -0.2) is 52.7 Å². The van der Waals surface area contributed by atoms with Gasteiger partial charge >= 0.3 is 5.97 Å². The van der Waals surface area contributed by atoms with E-state index >= 15 is 0 Å². The topological polar surface area (TPSA) is 56.7 Å². The number of aromatic carboxylic acids is 1. The van der Waals surface area contributed by atoms with Gasteiger partial charge in [-0.25, -0.2) is 9.78 Å². The zero-order valence-electron chi connectivity index (χ0n) is 12.9. The minimum absolute atomic E-state index is 0.143. The summed E-state index contributed by atoms with van der Waals surface area (Å²) in [5.41, 5.74) is 0.726. The van der Waals surface area contributed by atoms with Crippen molar-refractivity contribution in [2.24, 2.45) is 0 Å². The van der Waals surface area contributed by atoms with Crippen molar-refractivity contribution in [1.82, 2.24) is 9.88 Å². The maximum absolute atomic E-state index is 11.4. The van der Waals surface area contributed by atoms with Gasteiger partial charge in [-0.05, 0) is 32.2 Å². The highest BCUT2D eigenvalue weighted by molar-refractivity contribution is 7.17. The molecule has 0 aliphatic carbocycles. The number of aromatic nitrogens is 1. The van der Waals surface area contributed by atoms with Crippen LogP contribution in [0, 0.1) is 0 Å². The van der Waals surface area contributed by atoms with Crippen molar-refractivity contribution in [2.75, 3.05) is 24.5 Å². The number of piperazine rings is 1. The summed E-state index contributed by atoms with van der Waals surface area (Å²) in [5, 5.41) is 10.3. The first-order valence-electron chi connectivity index (χ1n) is 7.72. The van der Waals surface area contributed by atoms with E-state index in [1.807, 2.05) is 13.8 Å². The molecule has 2 unspecified atom stereocenters. The van der Waals surface area contributed by atoms with Crippen molar-refractivity contribution in [3.8, 4) is 0 Å². The number of hydrogen-bond donors (Lipinski definition) is 1. The van der Waals surface area contributed by atoms with Crippen LogP contribution >= 0.6 is 11.3 Å². The lowest BCUT2D eigenvalue weighted by Gasteiger charge is -2.42. The SMILES string of the molecule is CC(C)c1nc(N2CC3CCCN3CC2C)sc1C(=O)O. The van der Waals surface area contributed by atoms with E-state index in [0.717, 1.165) is 23.9 Å². The van der Waals surface area contributed by atoms with Crippen molar-refractivity contribution in [1.29, 1.82) is 0 Å². The van der Waals surface area contributed by atoms with Crippen LogP contribution in [0.4, 0.5) is 5.13 Å². The number of fused-ring (bicyclic) bond motifs is 1. The molecule has 1 N–H and O–H groups in total. The third kappa shape index (κ3) is 2.66. The molecule has 0 spiro atoms. The molecule has 2 fully saturated rings. The summed E-state index contributed by atoms with van der Waals surface area (Å²) < 4.78 is 0. The lowest BCUT2D eigenvalue weighted by molar-refractivity contribution is 0.0700. The van der Waals surface area contributed by atoms with Gasteiger partial charge in [-0.3, -0.25) is 4.90 Å². The van der Waals surface area contributed by atoms with E-state index in [1.165, 1.54) is 30.7 Å². The molecule has 2 atom stereocenters. The molecule has 3 rings (SSSR count). The molecule has 0 amide bonds. The number of anilines is 1. The summed E-state index contributed by atoms with van der Waals surface area (Å²) in [7, 11) is 0. The van der Waals surface area contributed by atoms with Gasteiger partial charge in [0.2, 0.25) is 0 Å². The van der Waals surface area contributed by atoms with Crippen LogP contribution in [-0.2, 0) is 0 Å². The van der Waals surface area contributed by atoms with Crippen LogP contribution in [0.3, 0.4) is 0 Å². The van der Waals surface area contributed by atoms with Gasteiger partial charge in [0.05, 0.1) is 5.69 Å². The van der Waals surface area contributed by atoms with Gasteiger partial charge in [0.1, 0.15) is 4.88 Å². The van der Waals surface area contributed by atoms with Crippen molar-refractivity contribution < 1.29 is 9.90 Å². The third-order valence-electron chi connectivity index (χ3n) is 4.57. The second-order valence-corrected chi connectivity index (χ2v) is 7.44. The number of carboxylic acids is 1. The second-order valence-electron chi connectivity index (χ2n) is 6.46. The smallest absolute Gasteiger partial charge is 0.347 e. The molecule has 21 heavy (non-hydrogen) atoms. The minimum Gasteiger partial charge on any atom is -0.477 e. The molecule has 2 aliphatic rings. The monoisotopic (exact) mass is 309 g/mol. The standard InChI is InChI=1S/C15H23N3O2S/c1-9(2)12-13(14(19)20)21-15(16-12)18-8-11-5-4-6-17(11)7-10(18)3/h9-11H,4-8H2,1-3H3,(H,19,20). The van der Waals surface area contributed by atoms with Crippen molar-refractivity contribution in [2.45, 2.75) is 51.6 Å². The maximum atomic E-state index is 11.4. The molecule has 5 nitrogen and oxygen atoms in total. The van der Waals surface area contributed by atoms with E-state index in [0.29, 0.717) is 17.0 Å². The summed E-state index contributed by atoms with van der Waals surface area (Å²) in [6.45, 7) is 9.46. The molecule has 116 valence electrons. The van der Waals surface area contributed by atoms with E-state index in [9.17, 15) is 9.90 Å². The molecule has 0 radical (unpaired) electrons. The van der Waals surface area contributed by atoms with Gasteiger partial charge < -0.3 is 10.0 Å². The highest BCUT2D eigenvalue weighted by Gasteiger charge is 2.36. The summed E-state index contributed by atoms with van der Waals surface area (Å²) in [6.07, 6.45) is 2.53. The van der Waals surface area contributed by atoms with E-state index in [2.05, 4.69) is 21.7 Å². The Morgan fingerprint density at radius 1 is 1.43 bits per heavy atom. The number of hydrogen-bond acceptors (Lipinski definition) is 5. The Hall–Kier alpha value is -1.14. The Kier molecular flexibility index (Phi) is 3.92. The van der Waals surface area contributed by atoms with Gasteiger partial charge in [-0.1, -0.05) is 25.2 Å². The number of thiazole rings is 1. The lowest BCUT2D eigenvalue weighted by atomic mass is 10.1. The van der Waals surface area contributed by atoms with Crippen molar-refractivity contribution >= 4 is 22.4 Å². The fraction of sp³-hybridized carbons (Fsp3) is 0.733. The van der Waals surface area contributed by atoms with Crippen LogP contribution in [0.15, 0.2) is 0 Å². The van der Waals surface area contributed by atoms with Crippen LogP contribution in [0.1, 0.15) is 54.9 Å². The van der Waals surface area contributed by atoms with Crippen LogP contribution in [0.5, 0.6) is 0 Å². The normalized spacial score (nSPS) is 26.4. The second kappa shape index (κ2) is 5.57. The van der Waals surface area contributed by atoms with Gasteiger partial charge in [-0.15, -0.1) is 0 Å². The molecule has 2 aliphatic heterocycles. The van der Waals surface area contributed by atoms with Crippen LogP contribution < -0.4 is 4.90 Å². The predicted molar refractivity (Wildman–Crippen MR) is 84.6 cm³/mol. The summed E-state index contributed by atoms with van der Waals surface area (Å²) >= 11 is 1.34. The molecule has 0 bridgehead atoms. The van der Waals surface area contributed by atoms with Crippen molar-refractivity contribution in [3.63, 3.8) is 0 Å². The number of carbonyl (C=O) groups is 1. The van der Waals surface area contributed by atoms with Gasteiger partial charge in [0.25, 0.3) is 0 Å². The lowest BCUT2D eigenvalue weighted by Crippen LogP contribution is -2.55. The fourth-order valence-electron chi connectivity index (χ4n) is 3.44. The number of nitrogens with zero attached hydrogens (tertiary/aromatic N) is 3. The third-order valence-corrected chi connectivity index (χ3v) is 5.66. The molecule has 6 heteroatoms. The molecule has 0 saturated carbocycles. The number of rotatable bonds is 3. The van der Waals surface area contributed by atoms with E-state index < -0.39 is 5.97 Å². The predicted octanol–water partition coefficient (Wildman–Crippen LogP) is 2.64. The number of carboxylic acid groups (broad SMARTS) is 1. The van der Waals surface area contributed by atoms with Gasteiger partial charge in [0, 0.05) is 25.2 Å². The fourth-order valence-corrected chi connectivity index (χ4v) is 4.61. The highest BCUT2D eigenvalue weighted by atomic mass is 32.1. The van der Waals surface area contributed by atoms with E-state index in [4.69, 9.17) is 0 Å². The first kappa shape index (κ1) is 14.8. The zero-order chi connectivity index (χ0) is 15.1. The van der Waals surface area contributed by atoms with E-state index in [-0.39, 0.29) is 5.92 Å². The largest absolute Gasteiger partial charge is 0.477 e. The summed E-state index contributed by atoms with van der Waals surface area (Å²) in [6, 6.07) is 1.01. The average molecular weight is 309 g/mol. The Morgan fingerprint density at radius 2 is 2.19 bits per heavy atom. The van der Waals surface area contributed by atoms with Crippen LogP contribution in [0.25, 0.3) is 0 Å². The van der Waals surface area contributed by atoms with Crippen LogP contribution in [0.2, 0.25) is 0 Å². The molecule has 0 aromatic carbocycles. The molecule has 3 heterocycles. The van der Waals surface area contributed by atoms with E-state index in [1.54, 1.807) is 0 Å². The summed E-state index contributed by atoms with van der Waals surface area (Å²) in [5.74, 6) is -0.709. The maximum Gasteiger partial charge on any atom is 0.347 e. The Morgan fingerprint density at radius 3 is 2.81 bits per heavy atom. The first-order chi connectivity index (χ1) is 9.97. The van der Waals surface area contributed by atoms with Gasteiger partial charge in [-0.2, -0.15) is 0 Å². The minimum atomic E-state index is -0.852. The molecule has 1 aromatic rings. The first-order valence-corrected chi connectivity index (χ1v) is 8.53.